The van der Waals surface area contributed by atoms with Gasteiger partial charge in [-0.25, -0.2) is 5.48 Å². The van der Waals surface area contributed by atoms with Crippen molar-refractivity contribution >= 4 is 5.91 Å². The van der Waals surface area contributed by atoms with E-state index >= 15 is 0 Å². The summed E-state index contributed by atoms with van der Waals surface area (Å²) in [4.78, 5) is 11.0. The van der Waals surface area contributed by atoms with E-state index < -0.39 is 5.91 Å². The second-order valence-electron chi connectivity index (χ2n) is 2.97. The molecule has 2 rings (SSSR count). The Balaban J connectivity index is 2.32. The van der Waals surface area contributed by atoms with Gasteiger partial charge in [-0.1, -0.05) is 30.3 Å². The van der Waals surface area contributed by atoms with Crippen molar-refractivity contribution in [1.82, 2.24) is 5.48 Å². The number of hydroxylamine groups is 1. The van der Waals surface area contributed by atoms with Gasteiger partial charge in [0.05, 0.1) is 0 Å². The zero-order chi connectivity index (χ0) is 10.7. The molecule has 0 saturated carbocycles. The van der Waals surface area contributed by atoms with Crippen molar-refractivity contribution in [3.63, 3.8) is 0 Å². The first-order valence-electron chi connectivity index (χ1n) is 4.41. The second-order valence-corrected chi connectivity index (χ2v) is 2.97. The zero-order valence-corrected chi connectivity index (χ0v) is 7.81. The van der Waals surface area contributed by atoms with Gasteiger partial charge in [0.1, 0.15) is 5.76 Å². The summed E-state index contributed by atoms with van der Waals surface area (Å²) in [5.41, 5.74) is 2.40. The molecule has 1 aromatic carbocycles. The van der Waals surface area contributed by atoms with Gasteiger partial charge in [-0.3, -0.25) is 10.0 Å². The molecular weight excluding hydrogens is 194 g/mol. The SMILES string of the molecule is O=C(NO)c1ccc(-c2ccccc2)o1. The van der Waals surface area contributed by atoms with E-state index in [1.165, 1.54) is 11.5 Å². The average molecular weight is 203 g/mol. The third-order valence-electron chi connectivity index (χ3n) is 1.99. The van der Waals surface area contributed by atoms with Crippen molar-refractivity contribution in [2.75, 3.05) is 0 Å². The monoisotopic (exact) mass is 203 g/mol. The molecule has 1 amide bonds. The Morgan fingerprint density at radius 3 is 2.53 bits per heavy atom. The molecule has 0 aliphatic rings. The Labute approximate surface area is 86.1 Å². The predicted molar refractivity (Wildman–Crippen MR) is 53.4 cm³/mol. The molecule has 0 spiro atoms. The number of carbonyl (C=O) groups excluding carboxylic acids is 1. The first-order chi connectivity index (χ1) is 7.31. The zero-order valence-electron chi connectivity index (χ0n) is 7.81. The van der Waals surface area contributed by atoms with Crippen LogP contribution in [-0.2, 0) is 0 Å². The van der Waals surface area contributed by atoms with Gasteiger partial charge in [-0.2, -0.15) is 0 Å². The lowest BCUT2D eigenvalue weighted by Crippen LogP contribution is -2.17. The first-order valence-corrected chi connectivity index (χ1v) is 4.41. The summed E-state index contributed by atoms with van der Waals surface area (Å²) in [6.45, 7) is 0. The third kappa shape index (κ3) is 1.89. The summed E-state index contributed by atoms with van der Waals surface area (Å²) < 4.78 is 5.25. The summed E-state index contributed by atoms with van der Waals surface area (Å²) in [7, 11) is 0. The predicted octanol–water partition coefficient (Wildman–Crippen LogP) is 2.07. The van der Waals surface area contributed by atoms with E-state index in [0.717, 1.165) is 5.56 Å². The van der Waals surface area contributed by atoms with E-state index in [0.29, 0.717) is 5.76 Å². The van der Waals surface area contributed by atoms with E-state index in [9.17, 15) is 4.79 Å². The Morgan fingerprint density at radius 1 is 1.13 bits per heavy atom. The number of benzene rings is 1. The van der Waals surface area contributed by atoms with Gasteiger partial charge in [0.15, 0.2) is 5.76 Å². The van der Waals surface area contributed by atoms with E-state index in [1.807, 2.05) is 30.3 Å². The lowest BCUT2D eigenvalue weighted by Gasteiger charge is -1.95. The molecule has 0 radical (unpaired) electrons. The van der Waals surface area contributed by atoms with Crippen LogP contribution in [0.1, 0.15) is 10.6 Å². The van der Waals surface area contributed by atoms with Crippen LogP contribution in [0.4, 0.5) is 0 Å². The minimum absolute atomic E-state index is 0.0800. The molecule has 15 heavy (non-hydrogen) atoms. The average Bonchev–Trinajstić information content (AvgIpc) is 2.78. The van der Waals surface area contributed by atoms with E-state index in [4.69, 9.17) is 9.62 Å². The van der Waals surface area contributed by atoms with Crippen molar-refractivity contribution in [3.05, 3.63) is 48.2 Å². The highest BCUT2D eigenvalue weighted by Gasteiger charge is 2.10. The lowest BCUT2D eigenvalue weighted by atomic mass is 10.2. The summed E-state index contributed by atoms with van der Waals surface area (Å²) in [6.07, 6.45) is 0. The Bertz CT molecular complexity index is 462. The normalized spacial score (nSPS) is 9.93. The Morgan fingerprint density at radius 2 is 1.87 bits per heavy atom. The summed E-state index contributed by atoms with van der Waals surface area (Å²) in [5, 5.41) is 8.41. The standard InChI is InChI=1S/C11H9NO3/c13-11(12-14)10-7-6-9(15-10)8-4-2-1-3-5-8/h1-7,14H,(H,12,13). The molecule has 0 aliphatic carbocycles. The fraction of sp³-hybridized carbons (Fsp3) is 0. The van der Waals surface area contributed by atoms with Crippen LogP contribution in [0.3, 0.4) is 0 Å². The molecule has 1 heterocycles. The maximum Gasteiger partial charge on any atom is 0.310 e. The number of nitrogens with one attached hydrogen (secondary N) is 1. The van der Waals surface area contributed by atoms with Gasteiger partial charge in [0.25, 0.3) is 0 Å². The van der Waals surface area contributed by atoms with Gasteiger partial charge in [0, 0.05) is 5.56 Å². The number of hydrogen-bond acceptors (Lipinski definition) is 3. The molecule has 0 unspecified atom stereocenters. The van der Waals surface area contributed by atoms with Crippen molar-refractivity contribution in [2.24, 2.45) is 0 Å². The van der Waals surface area contributed by atoms with Crippen molar-refractivity contribution < 1.29 is 14.4 Å². The summed E-state index contributed by atoms with van der Waals surface area (Å²) >= 11 is 0. The molecule has 0 fully saturated rings. The van der Waals surface area contributed by atoms with Gasteiger partial charge in [-0.15, -0.1) is 0 Å². The molecule has 2 aromatic rings. The number of rotatable bonds is 2. The van der Waals surface area contributed by atoms with E-state index in [-0.39, 0.29) is 5.76 Å². The number of amides is 1. The van der Waals surface area contributed by atoms with Crippen LogP contribution in [0.25, 0.3) is 11.3 Å². The molecule has 0 atom stereocenters. The lowest BCUT2D eigenvalue weighted by molar-refractivity contribution is 0.0677. The molecule has 0 aliphatic heterocycles. The van der Waals surface area contributed by atoms with Crippen molar-refractivity contribution in [3.8, 4) is 11.3 Å². The van der Waals surface area contributed by atoms with Crippen LogP contribution in [0.15, 0.2) is 46.9 Å². The quantitative estimate of drug-likeness (QED) is 0.580. The Kier molecular flexibility index (Phi) is 2.51. The maximum atomic E-state index is 11.0. The van der Waals surface area contributed by atoms with Crippen LogP contribution in [-0.4, -0.2) is 11.1 Å². The van der Waals surface area contributed by atoms with Crippen molar-refractivity contribution in [1.29, 1.82) is 0 Å². The third-order valence-corrected chi connectivity index (χ3v) is 1.99. The summed E-state index contributed by atoms with van der Waals surface area (Å²) in [5.74, 6) is 0.0164. The minimum Gasteiger partial charge on any atom is -0.451 e. The van der Waals surface area contributed by atoms with Gasteiger partial charge in [-0.05, 0) is 12.1 Å². The Hall–Kier alpha value is -2.07. The topological polar surface area (TPSA) is 62.5 Å². The fourth-order valence-corrected chi connectivity index (χ4v) is 1.27. The molecule has 2 N–H and O–H groups in total. The van der Waals surface area contributed by atoms with Crippen LogP contribution in [0.2, 0.25) is 0 Å². The van der Waals surface area contributed by atoms with Crippen LogP contribution in [0.5, 0.6) is 0 Å². The molecule has 4 heteroatoms. The second kappa shape index (κ2) is 3.98. The highest BCUT2D eigenvalue weighted by Crippen LogP contribution is 2.21. The highest BCUT2D eigenvalue weighted by molar-refractivity contribution is 5.91. The molecule has 1 aromatic heterocycles. The van der Waals surface area contributed by atoms with Gasteiger partial charge >= 0.3 is 5.91 Å². The van der Waals surface area contributed by atoms with E-state index in [2.05, 4.69) is 0 Å². The smallest absolute Gasteiger partial charge is 0.310 e. The first kappa shape index (κ1) is 9.48. The number of furan rings is 1. The van der Waals surface area contributed by atoms with Gasteiger partial charge in [0.2, 0.25) is 0 Å². The largest absolute Gasteiger partial charge is 0.451 e. The molecule has 76 valence electrons. The highest BCUT2D eigenvalue weighted by atomic mass is 16.5. The molecular formula is C11H9NO3. The maximum absolute atomic E-state index is 11.0. The van der Waals surface area contributed by atoms with Crippen LogP contribution in [0, 0.1) is 0 Å². The van der Waals surface area contributed by atoms with Crippen LogP contribution < -0.4 is 5.48 Å². The number of carbonyl (C=O) groups is 1. The molecule has 0 bridgehead atoms. The molecule has 4 nitrogen and oxygen atoms in total. The fourth-order valence-electron chi connectivity index (χ4n) is 1.27. The minimum atomic E-state index is -0.655. The van der Waals surface area contributed by atoms with Gasteiger partial charge < -0.3 is 4.42 Å². The summed E-state index contributed by atoms with van der Waals surface area (Å²) in [6, 6.07) is 12.6. The molecule has 0 saturated heterocycles. The van der Waals surface area contributed by atoms with Crippen molar-refractivity contribution in [2.45, 2.75) is 0 Å². The van der Waals surface area contributed by atoms with Crippen LogP contribution >= 0.6 is 0 Å². The van der Waals surface area contributed by atoms with E-state index in [1.54, 1.807) is 6.07 Å². The number of hydrogen-bond donors (Lipinski definition) is 2.